The lowest BCUT2D eigenvalue weighted by molar-refractivity contribution is -0.122. The molecule has 34 heavy (non-hydrogen) atoms. The molecule has 6 nitrogen and oxygen atoms in total. The number of nitrogens with zero attached hydrogens (tertiary/aromatic N) is 3. The molecule has 0 atom stereocenters. The van der Waals surface area contributed by atoms with Crippen LogP contribution in [-0.2, 0) is 9.53 Å². The molecule has 0 spiro atoms. The van der Waals surface area contributed by atoms with E-state index in [1.165, 1.54) is 11.8 Å². The summed E-state index contributed by atoms with van der Waals surface area (Å²) >= 11 is 6.81. The van der Waals surface area contributed by atoms with E-state index in [1.807, 2.05) is 79.3 Å². The van der Waals surface area contributed by atoms with Crippen LogP contribution < -0.4 is 4.74 Å². The normalized spacial score (nSPS) is 14.9. The molecular weight excluding hydrogens is 466 g/mol. The quantitative estimate of drug-likeness (QED) is 0.223. The van der Waals surface area contributed by atoms with Gasteiger partial charge < -0.3 is 9.47 Å². The summed E-state index contributed by atoms with van der Waals surface area (Å²) in [5, 5.41) is 4.90. The second-order valence-electron chi connectivity index (χ2n) is 7.80. The highest BCUT2D eigenvalue weighted by atomic mass is 32.2. The van der Waals surface area contributed by atoms with Crippen LogP contribution in [0.4, 0.5) is 0 Å². The van der Waals surface area contributed by atoms with Crippen LogP contribution in [0, 0.1) is 6.92 Å². The minimum absolute atomic E-state index is 0.0760. The number of para-hydroxylation sites is 1. The van der Waals surface area contributed by atoms with Crippen LogP contribution in [0.15, 0.2) is 59.6 Å². The highest BCUT2D eigenvalue weighted by Crippen LogP contribution is 2.36. The van der Waals surface area contributed by atoms with Gasteiger partial charge in [-0.25, -0.2) is 4.68 Å². The number of aryl methyl sites for hydroxylation is 1. The Labute approximate surface area is 209 Å². The lowest BCUT2D eigenvalue weighted by Crippen LogP contribution is -2.29. The first kappa shape index (κ1) is 24.2. The van der Waals surface area contributed by atoms with E-state index in [9.17, 15) is 4.79 Å². The molecule has 1 aromatic heterocycles. The Morgan fingerprint density at radius 2 is 1.97 bits per heavy atom. The Bertz CT molecular complexity index is 1220. The van der Waals surface area contributed by atoms with Crippen LogP contribution in [0.3, 0.4) is 0 Å². The maximum Gasteiger partial charge on any atom is 0.266 e. The van der Waals surface area contributed by atoms with Crippen molar-refractivity contribution >= 4 is 40.3 Å². The third kappa shape index (κ3) is 5.24. The number of aromatic nitrogens is 2. The van der Waals surface area contributed by atoms with Gasteiger partial charge in [-0.05, 0) is 62.2 Å². The summed E-state index contributed by atoms with van der Waals surface area (Å²) in [5.74, 6) is 0.748. The van der Waals surface area contributed by atoms with Crippen LogP contribution in [0.25, 0.3) is 23.0 Å². The first-order valence-corrected chi connectivity index (χ1v) is 12.4. The topological polar surface area (TPSA) is 56.6 Å². The predicted octanol–water partition coefficient (Wildman–Crippen LogP) is 5.48. The van der Waals surface area contributed by atoms with Crippen molar-refractivity contribution in [3.63, 3.8) is 0 Å². The molecular formula is C26H27N3O3S2. The molecule has 176 valence electrons. The molecule has 0 N–H and O–H groups in total. The predicted molar refractivity (Wildman–Crippen MR) is 141 cm³/mol. The second kappa shape index (κ2) is 11.0. The average Bonchev–Trinajstić information content (AvgIpc) is 3.36. The van der Waals surface area contributed by atoms with Gasteiger partial charge in [0.25, 0.3) is 5.91 Å². The molecule has 1 aliphatic rings. The molecule has 4 rings (SSSR count). The third-order valence-corrected chi connectivity index (χ3v) is 6.80. The fourth-order valence-electron chi connectivity index (χ4n) is 3.77. The summed E-state index contributed by atoms with van der Waals surface area (Å²) in [4.78, 5) is 15.3. The standard InChI is InChI=1S/C26H27N3O3S2/c1-4-32-21-11-12-22(18(2)15-21)24-19(17-29(27-24)20-9-6-5-7-10-20)16-23-25(30)28(26(33)34-23)13-8-14-31-3/h5-7,9-12,15-17H,4,8,13-14H2,1-3H3. The minimum Gasteiger partial charge on any atom is -0.494 e. The number of methoxy groups -OCH3 is 1. The molecule has 0 unspecified atom stereocenters. The van der Waals surface area contributed by atoms with Crippen LogP contribution in [0.5, 0.6) is 5.75 Å². The van der Waals surface area contributed by atoms with Gasteiger partial charge in [0, 0.05) is 37.6 Å². The number of rotatable bonds is 9. The summed E-state index contributed by atoms with van der Waals surface area (Å²) in [6.45, 7) is 5.75. The largest absolute Gasteiger partial charge is 0.494 e. The van der Waals surface area contributed by atoms with Crippen LogP contribution in [0.2, 0.25) is 0 Å². The number of ether oxygens (including phenoxy) is 2. The lowest BCUT2D eigenvalue weighted by Gasteiger charge is -2.13. The Morgan fingerprint density at radius 3 is 2.68 bits per heavy atom. The van der Waals surface area contributed by atoms with Gasteiger partial charge in [0.15, 0.2) is 0 Å². The molecule has 1 aliphatic heterocycles. The van der Waals surface area contributed by atoms with Gasteiger partial charge in [0.1, 0.15) is 15.8 Å². The van der Waals surface area contributed by atoms with Gasteiger partial charge in [-0.1, -0.05) is 42.2 Å². The zero-order valence-corrected chi connectivity index (χ0v) is 21.1. The SMILES string of the molecule is CCOc1ccc(-c2nn(-c3ccccc3)cc2C=C2SC(=S)N(CCCOC)C2=O)c(C)c1. The molecule has 1 saturated heterocycles. The lowest BCUT2D eigenvalue weighted by atomic mass is 10.0. The third-order valence-electron chi connectivity index (χ3n) is 5.42. The molecule has 3 aromatic rings. The number of hydrogen-bond acceptors (Lipinski definition) is 6. The maximum absolute atomic E-state index is 13.1. The molecule has 2 aromatic carbocycles. The molecule has 0 saturated carbocycles. The van der Waals surface area contributed by atoms with Crippen molar-refractivity contribution in [1.82, 2.24) is 14.7 Å². The summed E-state index contributed by atoms with van der Waals surface area (Å²) in [6.07, 6.45) is 4.59. The van der Waals surface area contributed by atoms with Gasteiger partial charge in [-0.3, -0.25) is 9.69 Å². The van der Waals surface area contributed by atoms with Gasteiger partial charge in [0.05, 0.1) is 17.2 Å². The van der Waals surface area contributed by atoms with Crippen molar-refractivity contribution in [1.29, 1.82) is 0 Å². The Morgan fingerprint density at radius 1 is 1.18 bits per heavy atom. The molecule has 2 heterocycles. The van der Waals surface area contributed by atoms with E-state index in [-0.39, 0.29) is 5.91 Å². The number of hydrogen-bond donors (Lipinski definition) is 0. The van der Waals surface area contributed by atoms with Crippen LogP contribution >= 0.6 is 24.0 Å². The van der Waals surface area contributed by atoms with E-state index in [0.717, 1.165) is 40.2 Å². The first-order valence-electron chi connectivity index (χ1n) is 11.1. The monoisotopic (exact) mass is 493 g/mol. The highest BCUT2D eigenvalue weighted by Gasteiger charge is 2.32. The van der Waals surface area contributed by atoms with Gasteiger partial charge in [-0.15, -0.1) is 0 Å². The van der Waals surface area contributed by atoms with Gasteiger partial charge in [0.2, 0.25) is 0 Å². The van der Waals surface area contributed by atoms with Crippen LogP contribution in [-0.4, -0.2) is 51.8 Å². The van der Waals surface area contributed by atoms with Crippen molar-refractivity contribution in [3.05, 3.63) is 70.8 Å². The summed E-state index contributed by atoms with van der Waals surface area (Å²) in [6, 6.07) is 15.9. The Balaban J connectivity index is 1.74. The number of carbonyl (C=O) groups excluding carboxylic acids is 1. The fourth-order valence-corrected chi connectivity index (χ4v) is 5.07. The van der Waals surface area contributed by atoms with E-state index in [4.69, 9.17) is 26.8 Å². The number of thioether (sulfide) groups is 1. The number of carbonyl (C=O) groups is 1. The van der Waals surface area contributed by atoms with Crippen molar-refractivity contribution in [2.75, 3.05) is 26.9 Å². The molecule has 0 bridgehead atoms. The van der Waals surface area contributed by atoms with E-state index >= 15 is 0 Å². The van der Waals surface area contributed by atoms with Crippen LogP contribution in [0.1, 0.15) is 24.5 Å². The maximum atomic E-state index is 13.1. The second-order valence-corrected chi connectivity index (χ2v) is 9.48. The Hall–Kier alpha value is -2.94. The molecule has 1 fully saturated rings. The zero-order chi connectivity index (χ0) is 24.1. The van der Waals surface area contributed by atoms with Crippen molar-refractivity contribution in [3.8, 4) is 22.7 Å². The molecule has 8 heteroatoms. The minimum atomic E-state index is -0.0760. The average molecular weight is 494 g/mol. The van der Waals surface area contributed by atoms with Crippen molar-refractivity contribution < 1.29 is 14.3 Å². The number of benzene rings is 2. The van der Waals surface area contributed by atoms with Gasteiger partial charge in [-0.2, -0.15) is 5.10 Å². The number of thiocarbonyl (C=S) groups is 1. The smallest absolute Gasteiger partial charge is 0.266 e. The molecule has 0 aliphatic carbocycles. The Kier molecular flexibility index (Phi) is 7.82. The number of amides is 1. The molecule has 1 amide bonds. The summed E-state index contributed by atoms with van der Waals surface area (Å²) < 4.78 is 13.2. The van der Waals surface area contributed by atoms with E-state index in [1.54, 1.807) is 12.0 Å². The zero-order valence-electron chi connectivity index (χ0n) is 19.5. The fraction of sp³-hybridized carbons (Fsp3) is 0.269. The van der Waals surface area contributed by atoms with Gasteiger partial charge >= 0.3 is 0 Å². The van der Waals surface area contributed by atoms with Crippen molar-refractivity contribution in [2.45, 2.75) is 20.3 Å². The van der Waals surface area contributed by atoms with E-state index in [2.05, 4.69) is 0 Å². The first-order chi connectivity index (χ1) is 16.5. The summed E-state index contributed by atoms with van der Waals surface area (Å²) in [7, 11) is 1.65. The van der Waals surface area contributed by atoms with E-state index < -0.39 is 0 Å². The van der Waals surface area contributed by atoms with E-state index in [0.29, 0.717) is 29.0 Å². The molecule has 0 radical (unpaired) electrons. The van der Waals surface area contributed by atoms with Crippen molar-refractivity contribution in [2.24, 2.45) is 0 Å². The summed E-state index contributed by atoms with van der Waals surface area (Å²) in [5.41, 5.74) is 4.63. The highest BCUT2D eigenvalue weighted by molar-refractivity contribution is 8.26.